The van der Waals surface area contributed by atoms with E-state index in [4.69, 9.17) is 5.41 Å². The van der Waals surface area contributed by atoms with Crippen LogP contribution < -0.4 is 26.2 Å². The molecule has 0 unspecified atom stereocenters. The molecule has 2 amide bonds. The Morgan fingerprint density at radius 2 is 1.76 bits per heavy atom. The molecule has 3 heterocycles. The first-order valence-electron chi connectivity index (χ1n) is 10.2. The smallest absolute Gasteiger partial charge is 0.278 e. The summed E-state index contributed by atoms with van der Waals surface area (Å²) < 4.78 is 0. The van der Waals surface area contributed by atoms with Gasteiger partial charge in [-0.25, -0.2) is 19.9 Å². The molecule has 1 aliphatic heterocycles. The summed E-state index contributed by atoms with van der Waals surface area (Å²) >= 11 is 0. The predicted molar refractivity (Wildman–Crippen MR) is 123 cm³/mol. The van der Waals surface area contributed by atoms with E-state index in [1.165, 1.54) is 20.4 Å². The van der Waals surface area contributed by atoms with Crippen molar-refractivity contribution in [2.75, 3.05) is 57.5 Å². The standard InChI is InChI=1S/C20H27N11O2/c1-22-16(19(32)23-2)14(8-21)28-20(33)17-18(27-13-9-24-12-25-10-13)26-11-15(29-17)31-6-4-30(3)5-7-31/h8-12,21-22H,4-7H2,1-3H3,(H,23,32)(H,26,27)(H,28,33)/b16-14+,21-8?. The number of likely N-dealkylation sites (N-methyl/N-ethyl adjacent to an activating group) is 3. The molecule has 13 heteroatoms. The van der Waals surface area contributed by atoms with Gasteiger partial charge in [-0.1, -0.05) is 0 Å². The first kappa shape index (κ1) is 23.5. The highest BCUT2D eigenvalue weighted by molar-refractivity contribution is 6.05. The van der Waals surface area contributed by atoms with E-state index in [9.17, 15) is 9.59 Å². The molecule has 1 fully saturated rings. The van der Waals surface area contributed by atoms with Gasteiger partial charge in [0.15, 0.2) is 11.5 Å². The average Bonchev–Trinajstić information content (AvgIpc) is 2.85. The normalized spacial score (nSPS) is 14.7. The highest BCUT2D eigenvalue weighted by Crippen LogP contribution is 2.21. The van der Waals surface area contributed by atoms with Crippen LogP contribution in [0.25, 0.3) is 0 Å². The molecule has 0 aliphatic carbocycles. The number of nitrogens with zero attached hydrogens (tertiary/aromatic N) is 6. The highest BCUT2D eigenvalue weighted by atomic mass is 16.2. The number of hydrogen-bond donors (Lipinski definition) is 5. The number of aromatic nitrogens is 4. The van der Waals surface area contributed by atoms with Crippen molar-refractivity contribution in [3.05, 3.63) is 42.0 Å². The van der Waals surface area contributed by atoms with E-state index in [0.29, 0.717) is 11.5 Å². The molecule has 2 aromatic rings. The van der Waals surface area contributed by atoms with Crippen LogP contribution in [0, 0.1) is 5.41 Å². The lowest BCUT2D eigenvalue weighted by molar-refractivity contribution is -0.117. The zero-order valence-electron chi connectivity index (χ0n) is 18.7. The summed E-state index contributed by atoms with van der Waals surface area (Å²) in [5, 5.41) is 18.4. The topological polar surface area (TPSA) is 164 Å². The van der Waals surface area contributed by atoms with E-state index < -0.39 is 11.8 Å². The van der Waals surface area contributed by atoms with Gasteiger partial charge >= 0.3 is 0 Å². The number of rotatable bonds is 8. The first-order valence-corrected chi connectivity index (χ1v) is 10.2. The van der Waals surface area contributed by atoms with Crippen LogP contribution in [0.1, 0.15) is 10.5 Å². The molecule has 0 spiro atoms. The summed E-state index contributed by atoms with van der Waals surface area (Å²) in [5.74, 6) is -0.361. The third kappa shape index (κ3) is 5.77. The van der Waals surface area contributed by atoms with Crippen molar-refractivity contribution in [3.63, 3.8) is 0 Å². The summed E-state index contributed by atoms with van der Waals surface area (Å²) in [7, 11) is 5.03. The van der Waals surface area contributed by atoms with Crippen molar-refractivity contribution in [2.45, 2.75) is 0 Å². The van der Waals surface area contributed by atoms with Crippen molar-refractivity contribution in [1.29, 1.82) is 5.41 Å². The molecule has 13 nitrogen and oxygen atoms in total. The van der Waals surface area contributed by atoms with Gasteiger partial charge in [-0.05, 0) is 7.05 Å². The SMILES string of the molecule is CNC(=O)/C(NC)=C(/C=N)NC(=O)c1nc(N2CCN(C)CC2)cnc1Nc1cncnc1. The molecule has 0 saturated carbocycles. The summed E-state index contributed by atoms with van der Waals surface area (Å²) in [4.78, 5) is 46.5. The highest BCUT2D eigenvalue weighted by Gasteiger charge is 2.23. The van der Waals surface area contributed by atoms with Crippen LogP contribution in [0.3, 0.4) is 0 Å². The molecule has 1 aliphatic rings. The molecule has 5 N–H and O–H groups in total. The fourth-order valence-electron chi connectivity index (χ4n) is 3.17. The van der Waals surface area contributed by atoms with Gasteiger partial charge in [0.1, 0.15) is 17.8 Å². The maximum Gasteiger partial charge on any atom is 0.278 e. The lowest BCUT2D eigenvalue weighted by Crippen LogP contribution is -2.45. The van der Waals surface area contributed by atoms with Gasteiger partial charge in [-0.15, -0.1) is 0 Å². The molecule has 0 aromatic carbocycles. The minimum absolute atomic E-state index is 0.00184. The predicted octanol–water partition coefficient (Wildman–Crippen LogP) is -0.682. The second-order valence-electron chi connectivity index (χ2n) is 7.18. The fraction of sp³-hybridized carbons (Fsp3) is 0.350. The number of nitrogens with one attached hydrogen (secondary N) is 5. The molecule has 33 heavy (non-hydrogen) atoms. The van der Waals surface area contributed by atoms with Crippen LogP contribution in [0.5, 0.6) is 0 Å². The molecule has 0 radical (unpaired) electrons. The Kier molecular flexibility index (Phi) is 7.81. The van der Waals surface area contributed by atoms with Gasteiger partial charge in [0, 0.05) is 46.5 Å². The van der Waals surface area contributed by atoms with Gasteiger partial charge in [-0.2, -0.15) is 0 Å². The van der Waals surface area contributed by atoms with E-state index >= 15 is 0 Å². The minimum Gasteiger partial charge on any atom is -0.382 e. The Labute approximate surface area is 191 Å². The number of carbonyl (C=O) groups excluding carboxylic acids is 2. The Morgan fingerprint density at radius 1 is 1.06 bits per heavy atom. The number of carbonyl (C=O) groups is 2. The monoisotopic (exact) mass is 453 g/mol. The Hall–Kier alpha value is -4.13. The van der Waals surface area contributed by atoms with Crippen molar-refractivity contribution in [3.8, 4) is 0 Å². The van der Waals surface area contributed by atoms with Crippen molar-refractivity contribution in [2.24, 2.45) is 0 Å². The van der Waals surface area contributed by atoms with Gasteiger partial charge < -0.3 is 36.5 Å². The van der Waals surface area contributed by atoms with Gasteiger partial charge in [0.25, 0.3) is 11.8 Å². The Morgan fingerprint density at radius 3 is 2.36 bits per heavy atom. The number of piperazine rings is 1. The number of amides is 2. The first-order chi connectivity index (χ1) is 16.0. The largest absolute Gasteiger partial charge is 0.382 e. The van der Waals surface area contributed by atoms with E-state index in [0.717, 1.165) is 32.4 Å². The lowest BCUT2D eigenvalue weighted by Gasteiger charge is -2.33. The Balaban J connectivity index is 1.97. The maximum atomic E-state index is 13.2. The van der Waals surface area contributed by atoms with Crippen LogP contribution in [-0.2, 0) is 4.79 Å². The molecule has 1 saturated heterocycles. The van der Waals surface area contributed by atoms with Gasteiger partial charge in [-0.3, -0.25) is 9.59 Å². The van der Waals surface area contributed by atoms with Crippen molar-refractivity contribution >= 4 is 35.4 Å². The minimum atomic E-state index is -0.631. The second kappa shape index (κ2) is 10.9. The maximum absolute atomic E-state index is 13.2. The summed E-state index contributed by atoms with van der Waals surface area (Å²) in [6.07, 6.45) is 6.96. The van der Waals surface area contributed by atoms with Gasteiger partial charge in [0.2, 0.25) is 0 Å². The van der Waals surface area contributed by atoms with E-state index in [1.807, 2.05) is 7.05 Å². The van der Waals surface area contributed by atoms with Crippen LogP contribution in [0.4, 0.5) is 17.3 Å². The fourth-order valence-corrected chi connectivity index (χ4v) is 3.17. The van der Waals surface area contributed by atoms with Crippen LogP contribution in [0.15, 0.2) is 36.3 Å². The molecule has 3 rings (SSSR count). The van der Waals surface area contributed by atoms with Crippen LogP contribution >= 0.6 is 0 Å². The third-order valence-corrected chi connectivity index (χ3v) is 4.99. The summed E-state index contributed by atoms with van der Waals surface area (Å²) in [6, 6.07) is 0. The van der Waals surface area contributed by atoms with Crippen molar-refractivity contribution in [1.82, 2.24) is 40.8 Å². The second-order valence-corrected chi connectivity index (χ2v) is 7.18. The van der Waals surface area contributed by atoms with E-state index in [2.05, 4.69) is 51.0 Å². The van der Waals surface area contributed by atoms with Crippen LogP contribution in [-0.4, -0.2) is 90.2 Å². The summed E-state index contributed by atoms with van der Waals surface area (Å²) in [5.41, 5.74) is 0.553. The number of allylic oxidation sites excluding steroid dienone is 1. The average molecular weight is 454 g/mol. The molecule has 2 aromatic heterocycles. The van der Waals surface area contributed by atoms with E-state index in [-0.39, 0.29) is 22.9 Å². The molecule has 0 bridgehead atoms. The number of anilines is 3. The lowest BCUT2D eigenvalue weighted by atomic mass is 10.2. The van der Waals surface area contributed by atoms with Crippen LogP contribution in [0.2, 0.25) is 0 Å². The van der Waals surface area contributed by atoms with Crippen molar-refractivity contribution < 1.29 is 9.59 Å². The quantitative estimate of drug-likeness (QED) is 0.255. The molecular formula is C20H27N11O2. The summed E-state index contributed by atoms with van der Waals surface area (Å²) in [6.45, 7) is 3.22. The molecule has 174 valence electrons. The molecule has 0 atom stereocenters. The van der Waals surface area contributed by atoms with Gasteiger partial charge in [0.05, 0.1) is 30.0 Å². The van der Waals surface area contributed by atoms with E-state index in [1.54, 1.807) is 18.6 Å². The number of hydrogen-bond acceptors (Lipinski definition) is 11. The third-order valence-electron chi connectivity index (χ3n) is 4.99. The molecular weight excluding hydrogens is 426 g/mol. The zero-order chi connectivity index (χ0) is 23.8. The zero-order valence-corrected chi connectivity index (χ0v) is 18.7. The Bertz CT molecular complexity index is 1030.